The normalized spacial score (nSPS) is 33.0. The van der Waals surface area contributed by atoms with Gasteiger partial charge in [0.15, 0.2) is 0 Å². The van der Waals surface area contributed by atoms with Gasteiger partial charge in [-0.15, -0.1) is 0 Å². The van der Waals surface area contributed by atoms with E-state index in [2.05, 4.69) is 37.9 Å². The van der Waals surface area contributed by atoms with E-state index in [4.69, 9.17) is 4.74 Å². The molecule has 0 bridgehead atoms. The lowest BCUT2D eigenvalue weighted by atomic mass is 10.0. The van der Waals surface area contributed by atoms with E-state index < -0.39 is 0 Å². The van der Waals surface area contributed by atoms with Gasteiger partial charge in [0.2, 0.25) is 0 Å². The number of ether oxygens (including phenoxy) is 1. The third kappa shape index (κ3) is 3.94. The van der Waals surface area contributed by atoms with Gasteiger partial charge < -0.3 is 10.1 Å². The Morgan fingerprint density at radius 3 is 2.24 bits per heavy atom. The zero-order chi connectivity index (χ0) is 12.4. The molecule has 2 aliphatic rings. The van der Waals surface area contributed by atoms with Gasteiger partial charge in [-0.2, -0.15) is 0 Å². The van der Waals surface area contributed by atoms with Crippen molar-refractivity contribution in [2.75, 3.05) is 19.6 Å². The van der Waals surface area contributed by atoms with Crippen molar-refractivity contribution in [1.82, 2.24) is 10.2 Å². The van der Waals surface area contributed by atoms with Crippen molar-refractivity contribution in [3.63, 3.8) is 0 Å². The van der Waals surface area contributed by atoms with E-state index >= 15 is 0 Å². The molecule has 3 atom stereocenters. The molecule has 1 aliphatic carbocycles. The van der Waals surface area contributed by atoms with Crippen molar-refractivity contribution >= 4 is 0 Å². The van der Waals surface area contributed by atoms with Gasteiger partial charge in [0.25, 0.3) is 0 Å². The monoisotopic (exact) mass is 240 g/mol. The molecule has 0 aromatic heterocycles. The molecule has 0 aromatic rings. The van der Waals surface area contributed by atoms with Crippen LogP contribution in [-0.2, 0) is 4.74 Å². The summed E-state index contributed by atoms with van der Waals surface area (Å²) in [5, 5.41) is 3.68. The Kier molecular flexibility index (Phi) is 4.45. The fourth-order valence-corrected chi connectivity index (χ4v) is 2.85. The van der Waals surface area contributed by atoms with Crippen LogP contribution in [0, 0.1) is 5.92 Å². The Morgan fingerprint density at radius 1 is 1.18 bits per heavy atom. The molecule has 1 heterocycles. The van der Waals surface area contributed by atoms with Crippen molar-refractivity contribution in [3.8, 4) is 0 Å². The van der Waals surface area contributed by atoms with Crippen LogP contribution < -0.4 is 5.32 Å². The number of hydrogen-bond acceptors (Lipinski definition) is 3. The molecule has 100 valence electrons. The molecule has 0 spiro atoms. The van der Waals surface area contributed by atoms with Crippen LogP contribution in [0.25, 0.3) is 0 Å². The molecule has 0 radical (unpaired) electrons. The predicted molar refractivity (Wildman–Crippen MR) is 71.2 cm³/mol. The summed E-state index contributed by atoms with van der Waals surface area (Å²) in [6, 6.07) is 1.47. The molecule has 3 nitrogen and oxygen atoms in total. The maximum atomic E-state index is 5.82. The van der Waals surface area contributed by atoms with Crippen molar-refractivity contribution in [3.05, 3.63) is 0 Å². The van der Waals surface area contributed by atoms with E-state index in [-0.39, 0.29) is 0 Å². The van der Waals surface area contributed by atoms with E-state index in [1.807, 2.05) is 0 Å². The third-order valence-electron chi connectivity index (χ3n) is 3.88. The van der Waals surface area contributed by atoms with Gasteiger partial charge in [-0.3, -0.25) is 4.90 Å². The van der Waals surface area contributed by atoms with Crippen LogP contribution in [0.15, 0.2) is 0 Å². The first-order chi connectivity index (χ1) is 8.06. The van der Waals surface area contributed by atoms with Gasteiger partial charge in [0.1, 0.15) is 0 Å². The summed E-state index contributed by atoms with van der Waals surface area (Å²) in [5.41, 5.74) is 0. The topological polar surface area (TPSA) is 24.5 Å². The largest absolute Gasteiger partial charge is 0.373 e. The third-order valence-corrected chi connectivity index (χ3v) is 3.88. The Labute approximate surface area is 106 Å². The lowest BCUT2D eigenvalue weighted by Gasteiger charge is -2.42. The number of nitrogens with one attached hydrogen (secondary N) is 1. The fourth-order valence-electron chi connectivity index (χ4n) is 2.85. The minimum absolute atomic E-state index is 0.376. The van der Waals surface area contributed by atoms with Crippen LogP contribution in [-0.4, -0.2) is 48.8 Å². The van der Waals surface area contributed by atoms with Gasteiger partial charge in [-0.25, -0.2) is 0 Å². The van der Waals surface area contributed by atoms with Crippen LogP contribution >= 0.6 is 0 Å². The summed E-state index contributed by atoms with van der Waals surface area (Å²) >= 11 is 0. The summed E-state index contributed by atoms with van der Waals surface area (Å²) < 4.78 is 5.82. The van der Waals surface area contributed by atoms with Crippen LogP contribution in [0.1, 0.15) is 40.5 Å². The number of morpholine rings is 1. The average Bonchev–Trinajstić information content (AvgIpc) is 2.99. The lowest BCUT2D eigenvalue weighted by molar-refractivity contribution is -0.0851. The highest BCUT2D eigenvalue weighted by Gasteiger charge is 2.31. The molecule has 1 saturated heterocycles. The molecular formula is C14H28N2O. The number of rotatable bonds is 5. The standard InChI is InChI=1S/C14H28N2O/c1-10(2)14(7-15-13-5-6-13)16-8-11(3)17-12(4)9-16/h10-15H,5-9H2,1-4H3/t11-,12+,14?. The maximum Gasteiger partial charge on any atom is 0.0678 e. The molecule has 1 saturated carbocycles. The van der Waals surface area contributed by atoms with Crippen molar-refractivity contribution in [1.29, 1.82) is 0 Å². The smallest absolute Gasteiger partial charge is 0.0678 e. The zero-order valence-electron chi connectivity index (χ0n) is 11.8. The molecule has 2 rings (SSSR count). The van der Waals surface area contributed by atoms with Crippen LogP contribution in [0.3, 0.4) is 0 Å². The fraction of sp³-hybridized carbons (Fsp3) is 1.00. The average molecular weight is 240 g/mol. The molecular weight excluding hydrogens is 212 g/mol. The summed E-state index contributed by atoms with van der Waals surface area (Å²) in [7, 11) is 0. The molecule has 2 fully saturated rings. The van der Waals surface area contributed by atoms with E-state index in [1.165, 1.54) is 12.8 Å². The van der Waals surface area contributed by atoms with Crippen molar-refractivity contribution in [2.24, 2.45) is 5.92 Å². The Hall–Kier alpha value is -0.120. The summed E-state index contributed by atoms with van der Waals surface area (Å²) in [4.78, 5) is 2.62. The van der Waals surface area contributed by atoms with Crippen LogP contribution in [0.4, 0.5) is 0 Å². The van der Waals surface area contributed by atoms with Gasteiger partial charge in [-0.05, 0) is 32.6 Å². The first-order valence-electron chi connectivity index (χ1n) is 7.19. The highest BCUT2D eigenvalue weighted by Crippen LogP contribution is 2.21. The van der Waals surface area contributed by atoms with Crippen molar-refractivity contribution in [2.45, 2.75) is 64.8 Å². The Balaban J connectivity index is 1.88. The highest BCUT2D eigenvalue weighted by atomic mass is 16.5. The number of nitrogens with zero attached hydrogens (tertiary/aromatic N) is 1. The van der Waals surface area contributed by atoms with Gasteiger partial charge in [0.05, 0.1) is 12.2 Å². The van der Waals surface area contributed by atoms with E-state index in [0.717, 1.165) is 25.7 Å². The SMILES string of the molecule is CC(C)C(CNC1CC1)N1C[C@@H](C)O[C@@H](C)C1. The zero-order valence-corrected chi connectivity index (χ0v) is 11.8. The molecule has 3 heteroatoms. The second-order valence-corrected chi connectivity index (χ2v) is 6.21. The van der Waals surface area contributed by atoms with Crippen molar-refractivity contribution < 1.29 is 4.74 Å². The second kappa shape index (κ2) is 5.68. The number of hydrogen-bond donors (Lipinski definition) is 1. The Morgan fingerprint density at radius 2 is 1.76 bits per heavy atom. The van der Waals surface area contributed by atoms with Gasteiger partial charge >= 0.3 is 0 Å². The van der Waals surface area contributed by atoms with Gasteiger partial charge in [-0.1, -0.05) is 13.8 Å². The van der Waals surface area contributed by atoms with Crippen LogP contribution in [0.2, 0.25) is 0 Å². The molecule has 1 aliphatic heterocycles. The molecule has 1 unspecified atom stereocenters. The molecule has 0 amide bonds. The second-order valence-electron chi connectivity index (χ2n) is 6.21. The summed E-state index contributed by atoms with van der Waals surface area (Å²) in [6.07, 6.45) is 3.50. The molecule has 0 aromatic carbocycles. The first-order valence-corrected chi connectivity index (χ1v) is 7.19. The molecule has 1 N–H and O–H groups in total. The first kappa shape index (κ1) is 13.3. The highest BCUT2D eigenvalue weighted by molar-refractivity contribution is 4.87. The lowest BCUT2D eigenvalue weighted by Crippen LogP contribution is -2.54. The Bertz CT molecular complexity index is 230. The summed E-state index contributed by atoms with van der Waals surface area (Å²) in [6.45, 7) is 12.4. The van der Waals surface area contributed by atoms with E-state index in [9.17, 15) is 0 Å². The van der Waals surface area contributed by atoms with Gasteiger partial charge in [0, 0.05) is 31.7 Å². The summed E-state index contributed by atoms with van der Waals surface area (Å²) in [5.74, 6) is 0.707. The minimum atomic E-state index is 0.376. The maximum absolute atomic E-state index is 5.82. The predicted octanol–water partition coefficient (Wildman–Crippen LogP) is 1.87. The molecule has 17 heavy (non-hydrogen) atoms. The van der Waals surface area contributed by atoms with E-state index in [0.29, 0.717) is 24.2 Å². The minimum Gasteiger partial charge on any atom is -0.373 e. The van der Waals surface area contributed by atoms with Crippen LogP contribution in [0.5, 0.6) is 0 Å². The van der Waals surface area contributed by atoms with E-state index in [1.54, 1.807) is 0 Å². The quantitative estimate of drug-likeness (QED) is 0.794.